The fourth-order valence-corrected chi connectivity index (χ4v) is 5.11. The van der Waals surface area contributed by atoms with Crippen LogP contribution in [0.1, 0.15) is 39.0 Å². The molecule has 2 fully saturated rings. The van der Waals surface area contributed by atoms with Crippen LogP contribution >= 0.6 is 23.4 Å². The number of amides is 1. The van der Waals surface area contributed by atoms with Crippen LogP contribution in [0.5, 0.6) is 0 Å². The molecule has 0 aromatic heterocycles. The van der Waals surface area contributed by atoms with Crippen molar-refractivity contribution in [3.05, 3.63) is 0 Å². The lowest BCUT2D eigenvalue weighted by Gasteiger charge is -2.44. The van der Waals surface area contributed by atoms with E-state index in [1.165, 1.54) is 11.8 Å². The lowest BCUT2D eigenvalue weighted by atomic mass is 9.92. The third kappa shape index (κ3) is 6.93. The van der Waals surface area contributed by atoms with Gasteiger partial charge in [0.2, 0.25) is 5.91 Å². The van der Waals surface area contributed by atoms with Gasteiger partial charge in [-0.15, -0.1) is 23.4 Å². The number of carbonyl (C=O) groups excluding carboxylic acids is 1. The third-order valence-corrected chi connectivity index (χ3v) is 7.21. The maximum atomic E-state index is 13.0. The van der Waals surface area contributed by atoms with E-state index in [0.29, 0.717) is 5.92 Å². The normalized spacial score (nSPS) is 37.2. The zero-order valence-electron chi connectivity index (χ0n) is 18.0. The fourth-order valence-electron chi connectivity index (χ4n) is 4.23. The molecule has 2 heterocycles. The van der Waals surface area contributed by atoms with Crippen molar-refractivity contribution in [1.82, 2.24) is 10.6 Å². The lowest BCUT2D eigenvalue weighted by Crippen LogP contribution is -2.65. The fraction of sp³-hybridized carbons (Fsp3) is 0.950. The quantitative estimate of drug-likeness (QED) is 0.244. The number of aliphatic hydroxyl groups excluding tert-OH is 3. The Labute approximate surface area is 188 Å². The number of nitrogens with one attached hydrogen (secondary N) is 2. The van der Waals surface area contributed by atoms with Crippen LogP contribution in [-0.2, 0) is 14.3 Å². The summed E-state index contributed by atoms with van der Waals surface area (Å²) < 4.78 is 10.9. The van der Waals surface area contributed by atoms with Gasteiger partial charge in [-0.25, -0.2) is 0 Å². The zero-order valence-corrected chi connectivity index (χ0v) is 19.6. The van der Waals surface area contributed by atoms with Gasteiger partial charge in [0.05, 0.1) is 17.5 Å². The van der Waals surface area contributed by atoms with E-state index in [1.54, 1.807) is 20.3 Å². The molecule has 10 heteroatoms. The van der Waals surface area contributed by atoms with E-state index in [1.807, 2.05) is 0 Å². The molecule has 2 rings (SSSR count). The van der Waals surface area contributed by atoms with Crippen LogP contribution < -0.4 is 10.6 Å². The minimum Gasteiger partial charge on any atom is -0.388 e. The van der Waals surface area contributed by atoms with Crippen LogP contribution in [0.4, 0.5) is 0 Å². The second-order valence-corrected chi connectivity index (χ2v) is 9.89. The molecule has 2 saturated heterocycles. The Balaban J connectivity index is 1.98. The number of thioether (sulfide) groups is 1. The Bertz CT molecular complexity index is 530. The van der Waals surface area contributed by atoms with E-state index in [2.05, 4.69) is 10.6 Å². The summed E-state index contributed by atoms with van der Waals surface area (Å²) >= 11 is 7.57. The number of ether oxygens (including phenoxy) is 2. The summed E-state index contributed by atoms with van der Waals surface area (Å²) in [4.78, 5) is 13.0. The van der Waals surface area contributed by atoms with Crippen molar-refractivity contribution in [1.29, 1.82) is 0 Å². The van der Waals surface area contributed by atoms with E-state index in [-0.39, 0.29) is 11.9 Å². The van der Waals surface area contributed by atoms with Gasteiger partial charge >= 0.3 is 0 Å². The minimum absolute atomic E-state index is 0.192. The smallest absolute Gasteiger partial charge is 0.237 e. The number of aliphatic hydroxyl groups is 3. The maximum absolute atomic E-state index is 13.0. The molecule has 8 nitrogen and oxygen atoms in total. The highest BCUT2D eigenvalue weighted by Crippen LogP contribution is 2.30. The first-order valence-corrected chi connectivity index (χ1v) is 12.4. The molecule has 0 aromatic rings. The average molecular weight is 469 g/mol. The number of halogens is 1. The second kappa shape index (κ2) is 12.8. The molecule has 176 valence electrons. The van der Waals surface area contributed by atoms with Crippen molar-refractivity contribution < 1.29 is 29.6 Å². The van der Waals surface area contributed by atoms with Crippen molar-refractivity contribution in [2.24, 2.45) is 5.92 Å². The number of rotatable bonds is 9. The van der Waals surface area contributed by atoms with Gasteiger partial charge in [0.15, 0.2) is 0 Å². The van der Waals surface area contributed by atoms with Gasteiger partial charge in [0, 0.05) is 13.7 Å². The van der Waals surface area contributed by atoms with Crippen LogP contribution in [0.15, 0.2) is 0 Å². The summed E-state index contributed by atoms with van der Waals surface area (Å²) in [5, 5.41) is 36.4. The molecule has 0 aromatic carbocycles. The first-order chi connectivity index (χ1) is 14.3. The number of alkyl halides is 1. The standard InChI is InChI=1S/C20H37ClN2O6S/c1-11(21)14(18-16(25)15(24)17(26)20(29-18)30-3)23-19(27)13-7-6-12(8-9-22-13)5-4-10-28-2/h11-18,20,22,24-26H,4-10H2,1-3H3,(H,23,27)/t11-,12-,13-,14+,15-,16+,17+,18?,20+/m0/s1. The van der Waals surface area contributed by atoms with Crippen LogP contribution in [0.25, 0.3) is 0 Å². The molecule has 2 aliphatic rings. The van der Waals surface area contributed by atoms with Crippen LogP contribution in [0.3, 0.4) is 0 Å². The topological polar surface area (TPSA) is 120 Å². The van der Waals surface area contributed by atoms with E-state index in [9.17, 15) is 20.1 Å². The molecular weight excluding hydrogens is 432 g/mol. The van der Waals surface area contributed by atoms with Gasteiger partial charge in [0.25, 0.3) is 0 Å². The number of methoxy groups -OCH3 is 1. The van der Waals surface area contributed by atoms with Crippen molar-refractivity contribution in [2.75, 3.05) is 26.5 Å². The molecular formula is C20H37ClN2O6S. The van der Waals surface area contributed by atoms with E-state index in [0.717, 1.165) is 45.3 Å². The predicted molar refractivity (Wildman–Crippen MR) is 118 cm³/mol. The molecule has 1 unspecified atom stereocenters. The highest BCUT2D eigenvalue weighted by molar-refractivity contribution is 7.99. The second-order valence-electron chi connectivity index (χ2n) is 8.26. The van der Waals surface area contributed by atoms with Crippen molar-refractivity contribution in [3.8, 4) is 0 Å². The van der Waals surface area contributed by atoms with Crippen LogP contribution in [0.2, 0.25) is 0 Å². The molecule has 9 atom stereocenters. The van der Waals surface area contributed by atoms with E-state index >= 15 is 0 Å². The SMILES string of the molecule is COCCC[C@@H]1CCN[C@H](C(=O)N[C@@H](C2O[C@H](SC)[C@H](O)[C@@H](O)[C@H]2O)[C@H](C)Cl)CC1. The van der Waals surface area contributed by atoms with Crippen molar-refractivity contribution in [3.63, 3.8) is 0 Å². The minimum atomic E-state index is -1.38. The van der Waals surface area contributed by atoms with Crippen LogP contribution in [-0.4, -0.2) is 95.1 Å². The van der Waals surface area contributed by atoms with Gasteiger partial charge in [-0.05, 0) is 57.7 Å². The molecule has 1 amide bonds. The maximum Gasteiger partial charge on any atom is 0.237 e. The summed E-state index contributed by atoms with van der Waals surface area (Å²) in [6, 6.07) is -1.06. The summed E-state index contributed by atoms with van der Waals surface area (Å²) in [6.07, 6.45) is 1.67. The number of hydrogen-bond acceptors (Lipinski definition) is 8. The van der Waals surface area contributed by atoms with Gasteiger partial charge in [0.1, 0.15) is 29.9 Å². The molecule has 0 bridgehead atoms. The number of hydrogen-bond donors (Lipinski definition) is 5. The Kier molecular flexibility index (Phi) is 11.1. The molecule has 0 aliphatic carbocycles. The van der Waals surface area contributed by atoms with Gasteiger partial charge in [-0.1, -0.05) is 0 Å². The molecule has 2 aliphatic heterocycles. The van der Waals surface area contributed by atoms with Gasteiger partial charge in [-0.2, -0.15) is 0 Å². The van der Waals surface area contributed by atoms with Crippen molar-refractivity contribution in [2.45, 2.75) is 86.3 Å². The first kappa shape index (κ1) is 26.1. The monoisotopic (exact) mass is 468 g/mol. The average Bonchev–Trinajstić information content (AvgIpc) is 2.97. The molecule has 0 spiro atoms. The van der Waals surface area contributed by atoms with E-state index < -0.39 is 41.3 Å². The lowest BCUT2D eigenvalue weighted by molar-refractivity contribution is -0.205. The Morgan fingerprint density at radius 2 is 2.00 bits per heavy atom. The van der Waals surface area contributed by atoms with E-state index in [4.69, 9.17) is 21.1 Å². The van der Waals surface area contributed by atoms with Crippen molar-refractivity contribution >= 4 is 29.3 Å². The molecule has 0 saturated carbocycles. The summed E-state index contributed by atoms with van der Waals surface area (Å²) in [7, 11) is 1.71. The number of carbonyl (C=O) groups is 1. The summed E-state index contributed by atoms with van der Waals surface area (Å²) in [6.45, 7) is 3.23. The Hall–Kier alpha value is -0.130. The first-order valence-electron chi connectivity index (χ1n) is 10.7. The predicted octanol–water partition coefficient (Wildman–Crippen LogP) is 0.454. The highest BCUT2D eigenvalue weighted by Gasteiger charge is 2.48. The highest BCUT2D eigenvalue weighted by atomic mass is 35.5. The molecule has 0 radical (unpaired) electrons. The largest absolute Gasteiger partial charge is 0.388 e. The Morgan fingerprint density at radius 1 is 1.27 bits per heavy atom. The van der Waals surface area contributed by atoms with Gasteiger partial charge in [-0.3, -0.25) is 4.79 Å². The Morgan fingerprint density at radius 3 is 2.63 bits per heavy atom. The van der Waals surface area contributed by atoms with Gasteiger partial charge < -0.3 is 35.4 Å². The molecule has 5 N–H and O–H groups in total. The summed E-state index contributed by atoms with van der Waals surface area (Å²) in [5.74, 6) is 0.373. The zero-order chi connectivity index (χ0) is 22.3. The third-order valence-electron chi connectivity index (χ3n) is 6.08. The molecule has 30 heavy (non-hydrogen) atoms. The van der Waals surface area contributed by atoms with Crippen LogP contribution in [0, 0.1) is 5.92 Å². The summed E-state index contributed by atoms with van der Waals surface area (Å²) in [5.41, 5.74) is -0.716.